The number of carbonyl (C=O) groups excluding carboxylic acids is 3. The maximum absolute atomic E-state index is 12.1. The minimum atomic E-state index is -0.352. The van der Waals surface area contributed by atoms with Gasteiger partial charge in [0.15, 0.2) is 0 Å². The lowest BCUT2D eigenvalue weighted by Crippen LogP contribution is -2.34. The molecule has 1 saturated heterocycles. The summed E-state index contributed by atoms with van der Waals surface area (Å²) in [7, 11) is 1.57. The molecule has 1 aliphatic rings. The van der Waals surface area contributed by atoms with Gasteiger partial charge < -0.3 is 20.3 Å². The molecule has 1 aliphatic heterocycles. The van der Waals surface area contributed by atoms with Crippen molar-refractivity contribution in [3.05, 3.63) is 24.3 Å². The minimum absolute atomic E-state index is 0.0795. The average molecular weight is 319 g/mol. The van der Waals surface area contributed by atoms with Gasteiger partial charge in [-0.3, -0.25) is 14.4 Å². The van der Waals surface area contributed by atoms with E-state index in [4.69, 9.17) is 4.74 Å². The zero-order chi connectivity index (χ0) is 16.8. The number of nitrogens with zero attached hydrogens (tertiary/aromatic N) is 1. The number of carbonyl (C=O) groups is 3. The minimum Gasteiger partial charge on any atom is -0.383 e. The number of ether oxygens (including phenoxy) is 1. The van der Waals surface area contributed by atoms with E-state index in [1.807, 2.05) is 0 Å². The highest BCUT2D eigenvalue weighted by Gasteiger charge is 2.34. The van der Waals surface area contributed by atoms with Gasteiger partial charge in [0.1, 0.15) is 0 Å². The molecule has 7 nitrogen and oxygen atoms in total. The summed E-state index contributed by atoms with van der Waals surface area (Å²) in [5.41, 5.74) is 1.39. The summed E-state index contributed by atoms with van der Waals surface area (Å²) in [5.74, 6) is -0.714. The molecule has 0 radical (unpaired) electrons. The van der Waals surface area contributed by atoms with E-state index >= 15 is 0 Å². The van der Waals surface area contributed by atoms with Gasteiger partial charge in [0, 0.05) is 44.9 Å². The van der Waals surface area contributed by atoms with E-state index in [-0.39, 0.29) is 30.1 Å². The number of hydrogen-bond donors (Lipinski definition) is 2. The molecular weight excluding hydrogens is 298 g/mol. The number of rotatable bonds is 6. The monoisotopic (exact) mass is 319 g/mol. The van der Waals surface area contributed by atoms with Crippen LogP contribution >= 0.6 is 0 Å². The molecular formula is C16H21N3O4. The predicted molar refractivity (Wildman–Crippen MR) is 86.1 cm³/mol. The molecule has 1 aromatic rings. The average Bonchev–Trinajstić information content (AvgIpc) is 2.90. The summed E-state index contributed by atoms with van der Waals surface area (Å²) in [5, 5.41) is 5.43. The number of methoxy groups -OCH3 is 1. The molecule has 2 rings (SSSR count). The summed E-state index contributed by atoms with van der Waals surface area (Å²) >= 11 is 0. The van der Waals surface area contributed by atoms with E-state index in [0.29, 0.717) is 25.4 Å². The third-order valence-electron chi connectivity index (χ3n) is 3.60. The van der Waals surface area contributed by atoms with Gasteiger partial charge in [-0.1, -0.05) is 0 Å². The number of hydrogen-bond acceptors (Lipinski definition) is 4. The van der Waals surface area contributed by atoms with Crippen LogP contribution in [0.3, 0.4) is 0 Å². The Balaban J connectivity index is 1.97. The molecule has 3 amide bonds. The topological polar surface area (TPSA) is 87.7 Å². The summed E-state index contributed by atoms with van der Waals surface area (Å²) in [4.78, 5) is 36.8. The van der Waals surface area contributed by atoms with Crippen LogP contribution in [0.2, 0.25) is 0 Å². The molecule has 0 aliphatic carbocycles. The molecule has 23 heavy (non-hydrogen) atoms. The molecule has 1 aromatic carbocycles. The van der Waals surface area contributed by atoms with Crippen LogP contribution in [0.1, 0.15) is 13.3 Å². The lowest BCUT2D eigenvalue weighted by atomic mass is 10.1. The van der Waals surface area contributed by atoms with Gasteiger partial charge in [-0.15, -0.1) is 0 Å². The van der Waals surface area contributed by atoms with Crippen molar-refractivity contribution in [2.75, 3.05) is 37.0 Å². The molecule has 124 valence electrons. The van der Waals surface area contributed by atoms with Crippen LogP contribution in [0.15, 0.2) is 24.3 Å². The molecule has 1 fully saturated rings. The largest absolute Gasteiger partial charge is 0.383 e. The van der Waals surface area contributed by atoms with Crippen LogP contribution in [0.4, 0.5) is 11.4 Å². The highest BCUT2D eigenvalue weighted by molar-refractivity contribution is 6.00. The van der Waals surface area contributed by atoms with E-state index < -0.39 is 0 Å². The van der Waals surface area contributed by atoms with Crippen LogP contribution in [-0.2, 0) is 19.1 Å². The van der Waals surface area contributed by atoms with Crippen LogP contribution in [0, 0.1) is 5.92 Å². The lowest BCUT2D eigenvalue weighted by molar-refractivity contribution is -0.126. The maximum Gasteiger partial charge on any atom is 0.227 e. The van der Waals surface area contributed by atoms with E-state index in [9.17, 15) is 14.4 Å². The number of nitrogens with one attached hydrogen (secondary N) is 2. The second-order valence-electron chi connectivity index (χ2n) is 5.42. The van der Waals surface area contributed by atoms with Crippen molar-refractivity contribution in [1.82, 2.24) is 5.32 Å². The Hall–Kier alpha value is -2.41. The summed E-state index contributed by atoms with van der Waals surface area (Å²) < 4.78 is 4.88. The Bertz CT molecular complexity index is 585. The van der Waals surface area contributed by atoms with E-state index in [1.54, 1.807) is 36.3 Å². The molecule has 2 N–H and O–H groups in total. The third kappa shape index (κ3) is 4.53. The van der Waals surface area contributed by atoms with Crippen LogP contribution in [-0.4, -0.2) is 44.5 Å². The SMILES string of the molecule is COCCNC(=O)C1CC(=O)N(c2ccc(NC(C)=O)cc2)C1. The smallest absolute Gasteiger partial charge is 0.227 e. The van der Waals surface area contributed by atoms with Gasteiger partial charge in [-0.25, -0.2) is 0 Å². The Morgan fingerprint density at radius 2 is 2.00 bits per heavy atom. The number of anilines is 2. The first-order valence-electron chi connectivity index (χ1n) is 7.46. The highest BCUT2D eigenvalue weighted by atomic mass is 16.5. The van der Waals surface area contributed by atoms with Gasteiger partial charge >= 0.3 is 0 Å². The number of benzene rings is 1. The van der Waals surface area contributed by atoms with Crippen LogP contribution < -0.4 is 15.5 Å². The maximum atomic E-state index is 12.1. The summed E-state index contributed by atoms with van der Waals surface area (Å²) in [6, 6.07) is 6.98. The second kappa shape index (κ2) is 7.73. The van der Waals surface area contributed by atoms with Crippen molar-refractivity contribution in [2.45, 2.75) is 13.3 Å². The van der Waals surface area contributed by atoms with Crippen molar-refractivity contribution in [1.29, 1.82) is 0 Å². The zero-order valence-corrected chi connectivity index (χ0v) is 13.3. The molecule has 1 unspecified atom stereocenters. The van der Waals surface area contributed by atoms with Gasteiger partial charge in [-0.05, 0) is 24.3 Å². The Kier molecular flexibility index (Phi) is 5.70. The fourth-order valence-corrected chi connectivity index (χ4v) is 2.48. The Morgan fingerprint density at radius 1 is 1.30 bits per heavy atom. The van der Waals surface area contributed by atoms with E-state index in [2.05, 4.69) is 10.6 Å². The summed E-state index contributed by atoms with van der Waals surface area (Å²) in [6.07, 6.45) is 0.201. The molecule has 0 spiro atoms. The van der Waals surface area contributed by atoms with Gasteiger partial charge in [0.05, 0.1) is 12.5 Å². The first-order chi connectivity index (χ1) is 11.0. The Labute approximate surface area is 135 Å². The third-order valence-corrected chi connectivity index (χ3v) is 3.60. The van der Waals surface area contributed by atoms with Crippen molar-refractivity contribution >= 4 is 29.1 Å². The first kappa shape index (κ1) is 17.0. The zero-order valence-electron chi connectivity index (χ0n) is 13.3. The van der Waals surface area contributed by atoms with Gasteiger partial charge in [-0.2, -0.15) is 0 Å². The fraction of sp³-hybridized carbons (Fsp3) is 0.438. The molecule has 0 saturated carbocycles. The summed E-state index contributed by atoms with van der Waals surface area (Å²) in [6.45, 7) is 2.67. The second-order valence-corrected chi connectivity index (χ2v) is 5.42. The first-order valence-corrected chi connectivity index (χ1v) is 7.46. The Morgan fingerprint density at radius 3 is 2.61 bits per heavy atom. The molecule has 0 bridgehead atoms. The van der Waals surface area contributed by atoms with Crippen LogP contribution in [0.25, 0.3) is 0 Å². The van der Waals surface area contributed by atoms with E-state index in [0.717, 1.165) is 5.69 Å². The van der Waals surface area contributed by atoms with E-state index in [1.165, 1.54) is 6.92 Å². The predicted octanol–water partition coefficient (Wildman–Crippen LogP) is 0.760. The molecule has 1 atom stereocenters. The lowest BCUT2D eigenvalue weighted by Gasteiger charge is -2.17. The van der Waals surface area contributed by atoms with Gasteiger partial charge in [0.2, 0.25) is 17.7 Å². The highest BCUT2D eigenvalue weighted by Crippen LogP contribution is 2.26. The normalized spacial score (nSPS) is 17.2. The molecule has 0 aromatic heterocycles. The quantitative estimate of drug-likeness (QED) is 0.758. The van der Waals surface area contributed by atoms with Crippen molar-refractivity contribution in [2.24, 2.45) is 5.92 Å². The molecule has 7 heteroatoms. The van der Waals surface area contributed by atoms with Crippen molar-refractivity contribution in [3.8, 4) is 0 Å². The molecule has 1 heterocycles. The fourth-order valence-electron chi connectivity index (χ4n) is 2.48. The van der Waals surface area contributed by atoms with Crippen molar-refractivity contribution < 1.29 is 19.1 Å². The van der Waals surface area contributed by atoms with Gasteiger partial charge in [0.25, 0.3) is 0 Å². The van der Waals surface area contributed by atoms with Crippen molar-refractivity contribution in [3.63, 3.8) is 0 Å². The van der Waals surface area contributed by atoms with Crippen LogP contribution in [0.5, 0.6) is 0 Å². The number of amides is 3. The standard InChI is InChI=1S/C16H21N3O4/c1-11(20)18-13-3-5-14(6-4-13)19-10-12(9-15(19)21)16(22)17-7-8-23-2/h3-6,12H,7-10H2,1-2H3,(H,17,22)(H,18,20).